The highest BCUT2D eigenvalue weighted by Gasteiger charge is 2.33. The average Bonchev–Trinajstić information content (AvgIpc) is 2.72. The number of ketones is 1. The number of carboxylic acid groups (broad SMARTS) is 1. The van der Waals surface area contributed by atoms with Gasteiger partial charge in [0.15, 0.2) is 5.78 Å². The van der Waals surface area contributed by atoms with Gasteiger partial charge >= 0.3 is 5.97 Å². The predicted octanol–water partition coefficient (Wildman–Crippen LogP) is 4.17. The van der Waals surface area contributed by atoms with Crippen LogP contribution in [0.5, 0.6) is 0 Å². The maximum Gasteiger partial charge on any atom is 0.328 e. The summed E-state index contributed by atoms with van der Waals surface area (Å²) in [4.78, 5) is 23.2. The molecule has 2 rings (SSSR count). The lowest BCUT2D eigenvalue weighted by Gasteiger charge is -2.23. The Labute approximate surface area is 132 Å². The molecule has 1 aromatic carbocycles. The predicted molar refractivity (Wildman–Crippen MR) is 87.7 cm³/mol. The second-order valence-corrected chi connectivity index (χ2v) is 7.07. The fraction of sp³-hybridized carbons (Fsp3) is 0.474. The van der Waals surface area contributed by atoms with Crippen LogP contribution in [0.4, 0.5) is 0 Å². The zero-order valence-electron chi connectivity index (χ0n) is 14.0. The standard InChI is InChI=1S/C19H24O3/c1-11(2)14-10-15-13(8-9-19(15,4)5)12(3)18(14)16(20)6-7-17(21)22/h6-7,10-11H,8-9H2,1-5H3,(H,21,22). The summed E-state index contributed by atoms with van der Waals surface area (Å²) in [5.41, 5.74) is 5.47. The Balaban J connectivity index is 2.64. The lowest BCUT2D eigenvalue weighted by atomic mass is 9.81. The van der Waals surface area contributed by atoms with Crippen molar-refractivity contribution >= 4 is 11.8 Å². The highest BCUT2D eigenvalue weighted by atomic mass is 16.4. The highest BCUT2D eigenvalue weighted by molar-refractivity contribution is 6.09. The Bertz CT molecular complexity index is 664. The summed E-state index contributed by atoms with van der Waals surface area (Å²) in [5, 5.41) is 8.74. The fourth-order valence-corrected chi connectivity index (χ4v) is 3.40. The quantitative estimate of drug-likeness (QED) is 0.671. The molecule has 22 heavy (non-hydrogen) atoms. The van der Waals surface area contributed by atoms with Gasteiger partial charge in [-0.3, -0.25) is 4.79 Å². The summed E-state index contributed by atoms with van der Waals surface area (Å²) in [6.07, 6.45) is 4.16. The second kappa shape index (κ2) is 5.71. The maximum atomic E-state index is 12.5. The number of aliphatic carboxylic acids is 1. The van der Waals surface area contributed by atoms with Crippen LogP contribution in [0.1, 0.15) is 72.6 Å². The molecule has 0 heterocycles. The summed E-state index contributed by atoms with van der Waals surface area (Å²) in [6.45, 7) is 10.6. The molecule has 0 aliphatic heterocycles. The van der Waals surface area contributed by atoms with E-state index in [-0.39, 0.29) is 17.1 Å². The number of carboxylic acids is 1. The highest BCUT2D eigenvalue weighted by Crippen LogP contribution is 2.43. The Morgan fingerprint density at radius 3 is 2.45 bits per heavy atom. The third-order valence-electron chi connectivity index (χ3n) is 4.72. The molecule has 3 nitrogen and oxygen atoms in total. The summed E-state index contributed by atoms with van der Waals surface area (Å²) in [7, 11) is 0. The van der Waals surface area contributed by atoms with Crippen molar-refractivity contribution in [2.24, 2.45) is 0 Å². The van der Waals surface area contributed by atoms with Gasteiger partial charge in [-0.25, -0.2) is 4.79 Å². The first-order valence-electron chi connectivity index (χ1n) is 7.77. The molecule has 0 saturated carbocycles. The smallest absolute Gasteiger partial charge is 0.328 e. The normalized spacial score (nSPS) is 16.3. The van der Waals surface area contributed by atoms with E-state index in [0.717, 1.165) is 30.0 Å². The van der Waals surface area contributed by atoms with Crippen LogP contribution < -0.4 is 0 Å². The third-order valence-corrected chi connectivity index (χ3v) is 4.72. The van der Waals surface area contributed by atoms with Crippen LogP contribution >= 0.6 is 0 Å². The molecular formula is C19H24O3. The molecule has 1 aromatic rings. The minimum atomic E-state index is -1.10. The summed E-state index contributed by atoms with van der Waals surface area (Å²) < 4.78 is 0. The largest absolute Gasteiger partial charge is 0.478 e. The Morgan fingerprint density at radius 2 is 1.91 bits per heavy atom. The van der Waals surface area contributed by atoms with Gasteiger partial charge in [-0.15, -0.1) is 0 Å². The number of allylic oxidation sites excluding steroid dienone is 1. The van der Waals surface area contributed by atoms with E-state index in [1.54, 1.807) is 0 Å². The van der Waals surface area contributed by atoms with Crippen LogP contribution in [-0.4, -0.2) is 16.9 Å². The number of hydrogen-bond acceptors (Lipinski definition) is 2. The van der Waals surface area contributed by atoms with Crippen molar-refractivity contribution in [2.45, 2.75) is 58.8 Å². The van der Waals surface area contributed by atoms with Crippen LogP contribution in [0.3, 0.4) is 0 Å². The molecule has 0 aromatic heterocycles. The third kappa shape index (κ3) is 2.85. The SMILES string of the molecule is Cc1c2c(cc(C(C)C)c1C(=O)C=CC(=O)O)C(C)(C)CC2. The van der Waals surface area contributed by atoms with Crippen LogP contribution in [0.2, 0.25) is 0 Å². The van der Waals surface area contributed by atoms with E-state index in [4.69, 9.17) is 5.11 Å². The lowest BCUT2D eigenvalue weighted by Crippen LogP contribution is -2.15. The van der Waals surface area contributed by atoms with Gasteiger partial charge in [0.1, 0.15) is 0 Å². The van der Waals surface area contributed by atoms with Gasteiger partial charge in [-0.2, -0.15) is 0 Å². The maximum absolute atomic E-state index is 12.5. The van der Waals surface area contributed by atoms with Crippen molar-refractivity contribution in [3.8, 4) is 0 Å². The van der Waals surface area contributed by atoms with Gasteiger partial charge in [-0.1, -0.05) is 33.8 Å². The van der Waals surface area contributed by atoms with Crippen LogP contribution in [0.15, 0.2) is 18.2 Å². The van der Waals surface area contributed by atoms with E-state index >= 15 is 0 Å². The minimum absolute atomic E-state index is 0.141. The van der Waals surface area contributed by atoms with E-state index in [2.05, 4.69) is 33.8 Å². The number of fused-ring (bicyclic) bond motifs is 1. The molecule has 1 aliphatic rings. The van der Waals surface area contributed by atoms with Crippen molar-refractivity contribution in [2.75, 3.05) is 0 Å². The van der Waals surface area contributed by atoms with Gasteiger partial charge < -0.3 is 5.11 Å². The van der Waals surface area contributed by atoms with E-state index in [0.29, 0.717) is 5.56 Å². The number of carbonyl (C=O) groups is 2. The number of hydrogen-bond donors (Lipinski definition) is 1. The first kappa shape index (κ1) is 16.5. The van der Waals surface area contributed by atoms with Crippen molar-refractivity contribution in [1.82, 2.24) is 0 Å². The van der Waals surface area contributed by atoms with Crippen molar-refractivity contribution in [3.05, 3.63) is 46.0 Å². The van der Waals surface area contributed by atoms with Gasteiger partial charge in [0.25, 0.3) is 0 Å². The van der Waals surface area contributed by atoms with Gasteiger partial charge in [0, 0.05) is 11.6 Å². The van der Waals surface area contributed by atoms with E-state index in [9.17, 15) is 9.59 Å². The molecule has 3 heteroatoms. The molecule has 0 bridgehead atoms. The second-order valence-electron chi connectivity index (χ2n) is 7.07. The van der Waals surface area contributed by atoms with Crippen LogP contribution in [0, 0.1) is 6.92 Å². The molecule has 0 amide bonds. The Kier molecular flexibility index (Phi) is 4.28. The van der Waals surface area contributed by atoms with Crippen LogP contribution in [-0.2, 0) is 16.6 Å². The van der Waals surface area contributed by atoms with Crippen LogP contribution in [0.25, 0.3) is 0 Å². The zero-order chi connectivity index (χ0) is 16.7. The molecule has 0 saturated heterocycles. The Morgan fingerprint density at radius 1 is 1.27 bits per heavy atom. The molecule has 0 fully saturated rings. The van der Waals surface area contributed by atoms with Gasteiger partial charge in [0.05, 0.1) is 0 Å². The Hall–Kier alpha value is -1.90. The first-order chi connectivity index (χ1) is 10.1. The van der Waals surface area contributed by atoms with E-state index in [1.165, 1.54) is 17.2 Å². The number of rotatable bonds is 4. The monoisotopic (exact) mass is 300 g/mol. The molecule has 1 N–H and O–H groups in total. The molecule has 0 unspecified atom stereocenters. The molecule has 0 spiro atoms. The summed E-state index contributed by atoms with van der Waals surface area (Å²) in [6, 6.07) is 2.17. The average molecular weight is 300 g/mol. The van der Waals surface area contributed by atoms with Gasteiger partial charge in [0.2, 0.25) is 0 Å². The van der Waals surface area contributed by atoms with Crippen molar-refractivity contribution in [1.29, 1.82) is 0 Å². The van der Waals surface area contributed by atoms with E-state index < -0.39 is 5.97 Å². The van der Waals surface area contributed by atoms with E-state index in [1.807, 2.05) is 6.92 Å². The first-order valence-corrected chi connectivity index (χ1v) is 7.77. The number of benzene rings is 1. The van der Waals surface area contributed by atoms with Crippen molar-refractivity contribution in [3.63, 3.8) is 0 Å². The molecular weight excluding hydrogens is 276 g/mol. The molecule has 118 valence electrons. The van der Waals surface area contributed by atoms with Crippen molar-refractivity contribution < 1.29 is 14.7 Å². The topological polar surface area (TPSA) is 54.4 Å². The summed E-state index contributed by atoms with van der Waals surface area (Å²) >= 11 is 0. The minimum Gasteiger partial charge on any atom is -0.478 e. The molecule has 1 aliphatic carbocycles. The zero-order valence-corrected chi connectivity index (χ0v) is 14.0. The molecule has 0 radical (unpaired) electrons. The molecule has 0 atom stereocenters. The number of carbonyl (C=O) groups excluding carboxylic acids is 1. The fourth-order valence-electron chi connectivity index (χ4n) is 3.40. The lowest BCUT2D eigenvalue weighted by molar-refractivity contribution is -0.131. The summed E-state index contributed by atoms with van der Waals surface area (Å²) in [5.74, 6) is -1.09. The van der Waals surface area contributed by atoms with Gasteiger partial charge in [-0.05, 0) is 59.4 Å².